The average Bonchev–Trinajstić information content (AvgIpc) is 2.48. The van der Waals surface area contributed by atoms with E-state index in [1.54, 1.807) is 12.2 Å². The molecule has 94 valence electrons. The predicted molar refractivity (Wildman–Crippen MR) is 59.4 cm³/mol. The Hall–Kier alpha value is -1.49. The van der Waals surface area contributed by atoms with Crippen LogP contribution in [-0.2, 0) is 14.4 Å². The van der Waals surface area contributed by atoms with Crippen LogP contribution in [0.5, 0.6) is 0 Å². The van der Waals surface area contributed by atoms with Gasteiger partial charge in [-0.2, -0.15) is 0 Å². The molecule has 1 fully saturated rings. The molecule has 1 saturated carbocycles. The van der Waals surface area contributed by atoms with E-state index >= 15 is 0 Å². The van der Waals surface area contributed by atoms with E-state index in [-0.39, 0.29) is 24.4 Å². The number of carboxylic acids is 1. The fraction of sp³-hybridized carbons (Fsp3) is 0.583. The van der Waals surface area contributed by atoms with Crippen LogP contribution in [0.3, 0.4) is 0 Å². The third-order valence-corrected chi connectivity index (χ3v) is 2.77. The monoisotopic (exact) mass is 240 g/mol. The Morgan fingerprint density at radius 1 is 1.29 bits per heavy atom. The van der Waals surface area contributed by atoms with E-state index in [2.05, 4.69) is 0 Å². The number of hydrogen-bond donors (Lipinski definition) is 2. The van der Waals surface area contributed by atoms with E-state index in [9.17, 15) is 19.5 Å². The molecule has 0 radical (unpaired) electrons. The van der Waals surface area contributed by atoms with E-state index in [4.69, 9.17) is 5.11 Å². The van der Waals surface area contributed by atoms with Gasteiger partial charge < -0.3 is 10.2 Å². The van der Waals surface area contributed by atoms with Gasteiger partial charge in [0.25, 0.3) is 0 Å². The fourth-order valence-corrected chi connectivity index (χ4v) is 1.83. The lowest BCUT2D eigenvalue weighted by atomic mass is 9.99. The predicted octanol–water partition coefficient (Wildman–Crippen LogP) is 0.707. The van der Waals surface area contributed by atoms with E-state index in [1.165, 1.54) is 0 Å². The Balaban J connectivity index is 2.25. The molecule has 1 aliphatic carbocycles. The number of carbonyl (C=O) groups excluding carboxylic acids is 2. The van der Waals surface area contributed by atoms with Gasteiger partial charge in [0.15, 0.2) is 5.78 Å². The minimum atomic E-state index is -1.12. The van der Waals surface area contributed by atoms with Gasteiger partial charge in [-0.05, 0) is 19.3 Å². The second kappa shape index (κ2) is 6.30. The zero-order valence-corrected chi connectivity index (χ0v) is 9.46. The summed E-state index contributed by atoms with van der Waals surface area (Å²) in [6, 6.07) is 0. The average molecular weight is 240 g/mol. The Morgan fingerprint density at radius 3 is 2.47 bits per heavy atom. The van der Waals surface area contributed by atoms with Crippen LogP contribution in [0.15, 0.2) is 12.2 Å². The Morgan fingerprint density at radius 2 is 1.94 bits per heavy atom. The van der Waals surface area contributed by atoms with Gasteiger partial charge >= 0.3 is 5.97 Å². The van der Waals surface area contributed by atoms with Crippen LogP contribution in [-0.4, -0.2) is 33.9 Å². The summed E-state index contributed by atoms with van der Waals surface area (Å²) in [6.45, 7) is 0. The first-order valence-electron chi connectivity index (χ1n) is 5.63. The summed E-state index contributed by atoms with van der Waals surface area (Å²) in [7, 11) is 0. The summed E-state index contributed by atoms with van der Waals surface area (Å²) in [4.78, 5) is 32.9. The number of Topliss-reactive ketones (excluding diaryl/α,β-unsaturated/α-hetero) is 2. The molecule has 5 heteroatoms. The zero-order valence-electron chi connectivity index (χ0n) is 9.46. The first-order chi connectivity index (χ1) is 8.02. The molecule has 0 aromatic rings. The summed E-state index contributed by atoms with van der Waals surface area (Å²) in [5.74, 6) is -2.09. The molecule has 0 spiro atoms. The number of rotatable bonds is 6. The highest BCUT2D eigenvalue weighted by Gasteiger charge is 2.39. The molecule has 0 aromatic carbocycles. The lowest BCUT2D eigenvalue weighted by Gasteiger charge is -2.03. The summed E-state index contributed by atoms with van der Waals surface area (Å²) >= 11 is 0. The number of aliphatic hydroxyl groups is 1. The van der Waals surface area contributed by atoms with Crippen LogP contribution in [0.1, 0.15) is 32.1 Å². The number of carboxylic acid groups (broad SMARTS) is 1. The third kappa shape index (κ3) is 4.11. The second-order valence-corrected chi connectivity index (χ2v) is 4.12. The highest BCUT2D eigenvalue weighted by atomic mass is 16.4. The molecule has 0 aromatic heterocycles. The quantitative estimate of drug-likeness (QED) is 0.527. The van der Waals surface area contributed by atoms with Gasteiger partial charge in [-0.3, -0.25) is 14.4 Å². The standard InChI is InChI=1S/C12H16O5/c13-9-7-10(14)12(17)8(9)5-3-1-2-4-6-11(15)16/h1-2,8,10,14H,3-7H2,(H,15,16). The van der Waals surface area contributed by atoms with Crippen molar-refractivity contribution in [1.82, 2.24) is 0 Å². The van der Waals surface area contributed by atoms with Gasteiger partial charge in [0.2, 0.25) is 0 Å². The maximum Gasteiger partial charge on any atom is 0.303 e. The van der Waals surface area contributed by atoms with E-state index in [1.807, 2.05) is 0 Å². The Bertz CT molecular complexity index is 345. The normalized spacial score (nSPS) is 24.8. The van der Waals surface area contributed by atoms with Crippen molar-refractivity contribution in [2.24, 2.45) is 5.92 Å². The van der Waals surface area contributed by atoms with E-state index < -0.39 is 18.0 Å². The van der Waals surface area contributed by atoms with Crippen LogP contribution >= 0.6 is 0 Å². The molecular weight excluding hydrogens is 224 g/mol. The van der Waals surface area contributed by atoms with Crippen molar-refractivity contribution in [1.29, 1.82) is 0 Å². The zero-order chi connectivity index (χ0) is 12.8. The maximum atomic E-state index is 11.4. The van der Waals surface area contributed by atoms with Gasteiger partial charge in [-0.1, -0.05) is 12.2 Å². The molecule has 0 heterocycles. The van der Waals surface area contributed by atoms with Crippen LogP contribution in [0.25, 0.3) is 0 Å². The van der Waals surface area contributed by atoms with Gasteiger partial charge in [0, 0.05) is 12.8 Å². The molecule has 0 saturated heterocycles. The third-order valence-electron chi connectivity index (χ3n) is 2.77. The molecule has 0 bridgehead atoms. The van der Waals surface area contributed by atoms with E-state index in [0.29, 0.717) is 19.3 Å². The first kappa shape index (κ1) is 13.6. The number of hydrogen-bond acceptors (Lipinski definition) is 4. The highest BCUT2D eigenvalue weighted by molar-refractivity contribution is 6.11. The summed E-state index contributed by atoms with van der Waals surface area (Å²) < 4.78 is 0. The Kier molecular flexibility index (Phi) is 5.03. The summed E-state index contributed by atoms with van der Waals surface area (Å²) in [6.07, 6.45) is 3.80. The molecule has 2 atom stereocenters. The van der Waals surface area contributed by atoms with Crippen molar-refractivity contribution in [3.05, 3.63) is 12.2 Å². The van der Waals surface area contributed by atoms with E-state index in [0.717, 1.165) is 0 Å². The van der Waals surface area contributed by atoms with Gasteiger partial charge in [0.1, 0.15) is 11.9 Å². The molecule has 1 aliphatic rings. The van der Waals surface area contributed by atoms with Gasteiger partial charge in [-0.25, -0.2) is 0 Å². The SMILES string of the molecule is O=C(O)CCC=CCCC1C(=O)CC(O)C1=O. The van der Waals surface area contributed by atoms with Gasteiger partial charge in [-0.15, -0.1) is 0 Å². The molecule has 2 N–H and O–H groups in total. The van der Waals surface area contributed by atoms with Crippen LogP contribution in [0.4, 0.5) is 0 Å². The Labute approximate surface area is 99.1 Å². The maximum absolute atomic E-state index is 11.4. The van der Waals surface area contributed by atoms with Crippen molar-refractivity contribution in [2.45, 2.75) is 38.2 Å². The lowest BCUT2D eigenvalue weighted by Crippen LogP contribution is -2.19. The molecule has 0 aliphatic heterocycles. The number of carbonyl (C=O) groups is 3. The molecule has 0 amide bonds. The van der Waals surface area contributed by atoms with Crippen molar-refractivity contribution < 1.29 is 24.6 Å². The van der Waals surface area contributed by atoms with Crippen molar-refractivity contribution in [3.8, 4) is 0 Å². The molecule has 17 heavy (non-hydrogen) atoms. The summed E-state index contributed by atoms with van der Waals surface area (Å²) in [5, 5.41) is 17.6. The lowest BCUT2D eigenvalue weighted by molar-refractivity contribution is -0.137. The second-order valence-electron chi connectivity index (χ2n) is 4.12. The number of ketones is 2. The fourth-order valence-electron chi connectivity index (χ4n) is 1.83. The topological polar surface area (TPSA) is 91.7 Å². The number of allylic oxidation sites excluding steroid dienone is 2. The smallest absolute Gasteiger partial charge is 0.303 e. The van der Waals surface area contributed by atoms with Crippen LogP contribution < -0.4 is 0 Å². The van der Waals surface area contributed by atoms with Crippen molar-refractivity contribution in [2.75, 3.05) is 0 Å². The molecule has 2 unspecified atom stereocenters. The first-order valence-corrected chi connectivity index (χ1v) is 5.63. The summed E-state index contributed by atoms with van der Waals surface area (Å²) in [5.41, 5.74) is 0. The molecule has 5 nitrogen and oxygen atoms in total. The number of aliphatic carboxylic acids is 1. The van der Waals surface area contributed by atoms with Crippen molar-refractivity contribution in [3.63, 3.8) is 0 Å². The minimum Gasteiger partial charge on any atom is -0.481 e. The minimum absolute atomic E-state index is 0.0633. The largest absolute Gasteiger partial charge is 0.481 e. The van der Waals surface area contributed by atoms with Crippen LogP contribution in [0.2, 0.25) is 0 Å². The van der Waals surface area contributed by atoms with Crippen molar-refractivity contribution >= 4 is 17.5 Å². The highest BCUT2D eigenvalue weighted by Crippen LogP contribution is 2.22. The molecule has 1 rings (SSSR count). The molecular formula is C12H16O5. The number of aliphatic hydroxyl groups excluding tert-OH is 1. The van der Waals surface area contributed by atoms with Crippen LogP contribution in [0, 0.1) is 5.92 Å². The van der Waals surface area contributed by atoms with Gasteiger partial charge in [0.05, 0.1) is 5.92 Å².